The Bertz CT molecular complexity index is 313. The van der Waals surface area contributed by atoms with Crippen LogP contribution in [-0.2, 0) is 0 Å². The lowest BCUT2D eigenvalue weighted by Crippen LogP contribution is -3.05. The van der Waals surface area contributed by atoms with E-state index in [9.17, 15) is 0 Å². The second-order valence-corrected chi connectivity index (χ2v) is 3.05. The van der Waals surface area contributed by atoms with E-state index in [4.69, 9.17) is 0 Å². The highest BCUT2D eigenvalue weighted by molar-refractivity contribution is 5.71. The molecule has 0 radical (unpaired) electrons. The first-order valence-electron chi connectivity index (χ1n) is 4.41. The molecule has 0 spiro atoms. The van der Waals surface area contributed by atoms with Crippen LogP contribution in [0.5, 0.6) is 0 Å². The normalized spacial score (nSPS) is 16.8. The van der Waals surface area contributed by atoms with E-state index in [1.165, 1.54) is 17.0 Å². The molecule has 0 amide bonds. The predicted octanol–water partition coefficient (Wildman–Crippen LogP) is -4.71. The van der Waals surface area contributed by atoms with Gasteiger partial charge in [-0.05, 0) is 12.5 Å². The quantitative estimate of drug-likeness (QED) is 0.564. The van der Waals surface area contributed by atoms with E-state index in [-0.39, 0.29) is 34.0 Å². The molecular formula is C10H13Br2N2-. The largest absolute Gasteiger partial charge is 1.00 e. The zero-order valence-corrected chi connectivity index (χ0v) is 11.2. The molecule has 1 aliphatic rings. The molecule has 2 nitrogen and oxygen atoms in total. The third kappa shape index (κ3) is 2.65. The molecule has 0 saturated heterocycles. The van der Waals surface area contributed by atoms with E-state index in [2.05, 4.69) is 30.1 Å². The van der Waals surface area contributed by atoms with Gasteiger partial charge in [-0.2, -0.15) is 4.99 Å². The van der Waals surface area contributed by atoms with Crippen LogP contribution in [0.1, 0.15) is 13.3 Å². The number of aliphatic imine (C=N–C) groups is 1. The summed E-state index contributed by atoms with van der Waals surface area (Å²) in [7, 11) is 0. The zero-order valence-electron chi connectivity index (χ0n) is 8.00. The van der Waals surface area contributed by atoms with E-state index in [1.807, 2.05) is 12.4 Å². The molecule has 78 valence electrons. The molecule has 1 N–H and O–H groups in total. The van der Waals surface area contributed by atoms with Gasteiger partial charge in [0.15, 0.2) is 12.0 Å². The molecule has 1 heterocycles. The highest BCUT2D eigenvalue weighted by Crippen LogP contribution is 2.22. The van der Waals surface area contributed by atoms with Crippen molar-refractivity contribution in [2.75, 3.05) is 6.54 Å². The van der Waals surface area contributed by atoms with Gasteiger partial charge in [0.2, 0.25) is 0 Å². The molecule has 1 aliphatic heterocycles. The Morgan fingerprint density at radius 3 is 2.64 bits per heavy atom. The summed E-state index contributed by atoms with van der Waals surface area (Å²) in [5.74, 6) is 0. The average Bonchev–Trinajstić information content (AvgIpc) is 2.50. The summed E-state index contributed by atoms with van der Waals surface area (Å²) >= 11 is 0. The minimum atomic E-state index is 0. The van der Waals surface area contributed by atoms with Crippen molar-refractivity contribution in [3.8, 4) is 0 Å². The Balaban J connectivity index is 0.000000845. The lowest BCUT2D eigenvalue weighted by Gasteiger charge is -2.07. The monoisotopic (exact) mass is 319 g/mol. The van der Waals surface area contributed by atoms with Gasteiger partial charge < -0.3 is 34.0 Å². The lowest BCUT2D eigenvalue weighted by atomic mass is 10.2. The second-order valence-electron chi connectivity index (χ2n) is 3.05. The molecule has 1 atom stereocenters. The summed E-state index contributed by atoms with van der Waals surface area (Å²) in [5.41, 5.74) is 2.44. The molecule has 2 rings (SSSR count). The fraction of sp³-hybridized carbons (Fsp3) is 0.300. The maximum atomic E-state index is 4.34. The van der Waals surface area contributed by atoms with Crippen LogP contribution >= 0.6 is 0 Å². The number of nitrogens with one attached hydrogen (secondary N) is 1. The minimum absolute atomic E-state index is 0. The van der Waals surface area contributed by atoms with Gasteiger partial charge in [0.1, 0.15) is 5.69 Å². The summed E-state index contributed by atoms with van der Waals surface area (Å²) in [6.45, 7) is 3.34. The zero-order chi connectivity index (χ0) is 8.39. The molecule has 14 heavy (non-hydrogen) atoms. The summed E-state index contributed by atoms with van der Waals surface area (Å²) in [6.07, 6.45) is 3.18. The number of nitrogens with zero attached hydrogens (tertiary/aromatic N) is 1. The van der Waals surface area contributed by atoms with Gasteiger partial charge in [0, 0.05) is 6.07 Å². The highest BCUT2D eigenvalue weighted by atomic mass is 79.9. The third-order valence-corrected chi connectivity index (χ3v) is 2.13. The van der Waals surface area contributed by atoms with Crippen molar-refractivity contribution < 1.29 is 38.9 Å². The van der Waals surface area contributed by atoms with E-state index >= 15 is 0 Å². The second kappa shape index (κ2) is 6.32. The van der Waals surface area contributed by atoms with Gasteiger partial charge in [-0.3, -0.25) is 4.90 Å². The summed E-state index contributed by atoms with van der Waals surface area (Å²) in [6, 6.07) is 8.32. The van der Waals surface area contributed by atoms with Crippen molar-refractivity contribution in [2.24, 2.45) is 4.99 Å². The Kier molecular flexibility index (Phi) is 6.24. The first-order valence-corrected chi connectivity index (χ1v) is 4.41. The van der Waals surface area contributed by atoms with Crippen molar-refractivity contribution in [1.29, 1.82) is 0 Å². The van der Waals surface area contributed by atoms with Gasteiger partial charge in [0.05, 0.1) is 6.54 Å². The molecule has 0 fully saturated rings. The van der Waals surface area contributed by atoms with E-state index < -0.39 is 0 Å². The number of benzene rings is 1. The fourth-order valence-corrected chi connectivity index (χ4v) is 1.54. The van der Waals surface area contributed by atoms with Crippen LogP contribution in [0.2, 0.25) is 0 Å². The highest BCUT2D eigenvalue weighted by Gasteiger charge is 2.18. The van der Waals surface area contributed by atoms with E-state index in [0.29, 0.717) is 0 Å². The van der Waals surface area contributed by atoms with Crippen LogP contribution < -0.4 is 38.9 Å². The van der Waals surface area contributed by atoms with Crippen LogP contribution in [0, 0.1) is 0 Å². The van der Waals surface area contributed by atoms with E-state index in [1.54, 1.807) is 0 Å². The third-order valence-electron chi connectivity index (χ3n) is 2.13. The van der Waals surface area contributed by atoms with Gasteiger partial charge >= 0.3 is 0 Å². The van der Waals surface area contributed by atoms with Gasteiger partial charge in [-0.25, -0.2) is 0 Å². The van der Waals surface area contributed by atoms with Crippen LogP contribution in [0.3, 0.4) is 0 Å². The number of fused-ring (bicyclic) bond motifs is 1. The Morgan fingerprint density at radius 1 is 1.21 bits per heavy atom. The summed E-state index contributed by atoms with van der Waals surface area (Å²) < 4.78 is 0. The van der Waals surface area contributed by atoms with Crippen LogP contribution in [0.25, 0.3) is 0 Å². The number of quaternary nitrogens is 1. The van der Waals surface area contributed by atoms with Crippen LogP contribution in [0.15, 0.2) is 29.3 Å². The minimum Gasteiger partial charge on any atom is -1.00 e. The number of para-hydroxylation sites is 2. The standard InChI is InChI=1S/C10H12N2.2BrH/c1-2-7-12-8-11-9-5-3-4-6-10(9)12;;/h3-6,8H,2,7H2,1H3;2*1H/p-1. The summed E-state index contributed by atoms with van der Waals surface area (Å²) in [4.78, 5) is 5.72. The van der Waals surface area contributed by atoms with Gasteiger partial charge in [0.25, 0.3) is 0 Å². The Hall–Kier alpha value is -0.190. The molecule has 0 bridgehead atoms. The van der Waals surface area contributed by atoms with Crippen LogP contribution in [0.4, 0.5) is 11.4 Å². The van der Waals surface area contributed by atoms with Gasteiger partial charge in [-0.15, -0.1) is 0 Å². The van der Waals surface area contributed by atoms with Crippen LogP contribution in [-0.4, -0.2) is 12.9 Å². The molecule has 0 aromatic heterocycles. The Morgan fingerprint density at radius 2 is 1.93 bits per heavy atom. The molecule has 0 aliphatic carbocycles. The molecule has 0 saturated carbocycles. The van der Waals surface area contributed by atoms with Crippen molar-refractivity contribution in [3.63, 3.8) is 0 Å². The van der Waals surface area contributed by atoms with Crippen molar-refractivity contribution in [1.82, 2.24) is 0 Å². The number of hydrogen-bond acceptors (Lipinski definition) is 1. The molecule has 4 heteroatoms. The first-order chi connectivity index (χ1) is 5.92. The topological polar surface area (TPSA) is 16.8 Å². The SMILES string of the molecule is CCC[NH+]1C=Nc2ccccc21.[Br-].[Br-]. The average molecular weight is 321 g/mol. The number of hydrogen-bond donors (Lipinski definition) is 1. The van der Waals surface area contributed by atoms with Gasteiger partial charge in [-0.1, -0.05) is 19.1 Å². The fourth-order valence-electron chi connectivity index (χ4n) is 1.54. The summed E-state index contributed by atoms with van der Waals surface area (Å²) in [5, 5.41) is 0. The first kappa shape index (κ1) is 13.8. The molecular weight excluding hydrogens is 308 g/mol. The Labute approximate surface area is 106 Å². The van der Waals surface area contributed by atoms with Crippen molar-refractivity contribution in [3.05, 3.63) is 24.3 Å². The smallest absolute Gasteiger partial charge is 0.194 e. The maximum absolute atomic E-state index is 4.34. The van der Waals surface area contributed by atoms with Crippen molar-refractivity contribution >= 4 is 17.7 Å². The van der Waals surface area contributed by atoms with E-state index in [0.717, 1.165) is 12.2 Å². The lowest BCUT2D eigenvalue weighted by molar-refractivity contribution is -0.720. The molecule has 1 aromatic rings. The molecule has 1 aromatic carbocycles. The maximum Gasteiger partial charge on any atom is 0.194 e. The van der Waals surface area contributed by atoms with Crippen molar-refractivity contribution in [2.45, 2.75) is 13.3 Å². The number of rotatable bonds is 2. The number of halogens is 2. The predicted molar refractivity (Wildman–Crippen MR) is 50.4 cm³/mol. The molecule has 1 unspecified atom stereocenters.